The third-order valence-corrected chi connectivity index (χ3v) is 2.74. The first-order valence-corrected chi connectivity index (χ1v) is 6.26. The molecule has 1 heterocycles. The van der Waals surface area contributed by atoms with Gasteiger partial charge in [-0.3, -0.25) is 10.2 Å². The van der Waals surface area contributed by atoms with Gasteiger partial charge in [0.15, 0.2) is 0 Å². The molecule has 0 saturated carbocycles. The van der Waals surface area contributed by atoms with Crippen molar-refractivity contribution in [2.24, 2.45) is 0 Å². The summed E-state index contributed by atoms with van der Waals surface area (Å²) in [6.45, 7) is 3.42. The van der Waals surface area contributed by atoms with E-state index in [2.05, 4.69) is 17.8 Å². The van der Waals surface area contributed by atoms with E-state index in [0.29, 0.717) is 6.54 Å². The maximum Gasteiger partial charge on any atom is 0.262 e. The number of carbonyl (C=O) groups is 1. The van der Waals surface area contributed by atoms with Crippen LogP contribution in [0, 0.1) is 0 Å². The first kappa shape index (κ1) is 12.6. The Hall–Kier alpha value is -1.81. The molecule has 1 fully saturated rings. The predicted molar refractivity (Wildman–Crippen MR) is 71.0 cm³/mol. The zero-order valence-electron chi connectivity index (χ0n) is 10.5. The van der Waals surface area contributed by atoms with Gasteiger partial charge in [-0.2, -0.15) is 0 Å². The SMILES string of the molecule is CCCCOc1cccc(/C=C2\CNNC2=O)c1. The molecule has 0 unspecified atom stereocenters. The van der Waals surface area contributed by atoms with Gasteiger partial charge in [-0.25, -0.2) is 5.43 Å². The fourth-order valence-electron chi connectivity index (χ4n) is 1.73. The highest BCUT2D eigenvalue weighted by atomic mass is 16.5. The normalized spacial score (nSPS) is 16.9. The van der Waals surface area contributed by atoms with Gasteiger partial charge in [0.1, 0.15) is 5.75 Å². The lowest BCUT2D eigenvalue weighted by atomic mass is 10.1. The summed E-state index contributed by atoms with van der Waals surface area (Å²) >= 11 is 0. The van der Waals surface area contributed by atoms with Gasteiger partial charge in [0.25, 0.3) is 5.91 Å². The van der Waals surface area contributed by atoms with Crippen molar-refractivity contribution in [2.45, 2.75) is 19.8 Å². The molecule has 18 heavy (non-hydrogen) atoms. The lowest BCUT2D eigenvalue weighted by Gasteiger charge is -2.05. The summed E-state index contributed by atoms with van der Waals surface area (Å²) < 4.78 is 5.63. The van der Waals surface area contributed by atoms with Crippen molar-refractivity contribution >= 4 is 12.0 Å². The number of ether oxygens (including phenoxy) is 1. The quantitative estimate of drug-likeness (QED) is 0.616. The zero-order chi connectivity index (χ0) is 12.8. The van der Waals surface area contributed by atoms with E-state index in [1.54, 1.807) is 0 Å². The summed E-state index contributed by atoms with van der Waals surface area (Å²) in [6, 6.07) is 7.79. The van der Waals surface area contributed by atoms with Crippen LogP contribution in [0.2, 0.25) is 0 Å². The Labute approximate surface area is 107 Å². The van der Waals surface area contributed by atoms with Crippen LogP contribution in [0.15, 0.2) is 29.8 Å². The number of hydrogen-bond acceptors (Lipinski definition) is 3. The molecule has 0 aromatic heterocycles. The number of hydrogen-bond donors (Lipinski definition) is 2. The van der Waals surface area contributed by atoms with Gasteiger partial charge in [-0.15, -0.1) is 0 Å². The molecule has 1 aliphatic rings. The largest absolute Gasteiger partial charge is 0.494 e. The molecule has 2 N–H and O–H groups in total. The summed E-state index contributed by atoms with van der Waals surface area (Å²) in [5.41, 5.74) is 7.08. The predicted octanol–water partition coefficient (Wildman–Crippen LogP) is 1.88. The Morgan fingerprint density at radius 2 is 2.33 bits per heavy atom. The second kappa shape index (κ2) is 6.21. The summed E-state index contributed by atoms with van der Waals surface area (Å²) in [5, 5.41) is 0. The lowest BCUT2D eigenvalue weighted by molar-refractivity contribution is -0.116. The van der Waals surface area contributed by atoms with Gasteiger partial charge < -0.3 is 4.74 Å². The topological polar surface area (TPSA) is 50.4 Å². The van der Waals surface area contributed by atoms with Crippen LogP contribution in [0.4, 0.5) is 0 Å². The summed E-state index contributed by atoms with van der Waals surface area (Å²) in [5.74, 6) is 0.788. The van der Waals surface area contributed by atoms with Crippen LogP contribution < -0.4 is 15.6 Å². The monoisotopic (exact) mass is 246 g/mol. The highest BCUT2D eigenvalue weighted by molar-refractivity contribution is 5.99. The summed E-state index contributed by atoms with van der Waals surface area (Å²) in [4.78, 5) is 11.4. The fourth-order valence-corrected chi connectivity index (χ4v) is 1.73. The number of unbranched alkanes of at least 4 members (excludes halogenated alkanes) is 1. The van der Waals surface area contributed by atoms with Gasteiger partial charge >= 0.3 is 0 Å². The van der Waals surface area contributed by atoms with Crippen LogP contribution in [0.25, 0.3) is 6.08 Å². The molecular formula is C14H18N2O2. The van der Waals surface area contributed by atoms with Crippen molar-refractivity contribution in [3.63, 3.8) is 0 Å². The van der Waals surface area contributed by atoms with Gasteiger partial charge in [-0.1, -0.05) is 25.5 Å². The third-order valence-electron chi connectivity index (χ3n) is 2.74. The molecule has 1 amide bonds. The van der Waals surface area contributed by atoms with Crippen molar-refractivity contribution in [3.05, 3.63) is 35.4 Å². The van der Waals surface area contributed by atoms with Crippen molar-refractivity contribution in [2.75, 3.05) is 13.2 Å². The van der Waals surface area contributed by atoms with E-state index >= 15 is 0 Å². The number of nitrogens with one attached hydrogen (secondary N) is 2. The molecule has 4 heteroatoms. The van der Waals surface area contributed by atoms with Crippen LogP contribution in [0.5, 0.6) is 5.75 Å². The van der Waals surface area contributed by atoms with Crippen molar-refractivity contribution in [1.29, 1.82) is 0 Å². The van der Waals surface area contributed by atoms with E-state index in [1.165, 1.54) is 0 Å². The first-order chi connectivity index (χ1) is 8.79. The molecule has 0 atom stereocenters. The average molecular weight is 246 g/mol. The Kier molecular flexibility index (Phi) is 4.36. The Morgan fingerprint density at radius 1 is 1.44 bits per heavy atom. The first-order valence-electron chi connectivity index (χ1n) is 6.26. The van der Waals surface area contributed by atoms with Crippen molar-refractivity contribution in [3.8, 4) is 5.75 Å². The van der Waals surface area contributed by atoms with E-state index < -0.39 is 0 Å². The van der Waals surface area contributed by atoms with Crippen LogP contribution >= 0.6 is 0 Å². The molecular weight excluding hydrogens is 228 g/mol. The van der Waals surface area contributed by atoms with Crippen LogP contribution in [0.1, 0.15) is 25.3 Å². The molecule has 0 aliphatic carbocycles. The Morgan fingerprint density at radius 3 is 3.06 bits per heavy atom. The standard InChI is InChI=1S/C14H18N2O2/c1-2-3-7-18-13-6-4-5-11(9-13)8-12-10-15-16-14(12)17/h4-6,8-9,15H,2-3,7,10H2,1H3,(H,16,17)/b12-8+. The minimum Gasteiger partial charge on any atom is -0.494 e. The van der Waals surface area contributed by atoms with E-state index in [1.807, 2.05) is 30.3 Å². The number of rotatable bonds is 5. The molecule has 1 aromatic carbocycles. The molecule has 2 rings (SSSR count). The number of amides is 1. The maximum atomic E-state index is 11.4. The number of hydrazine groups is 1. The molecule has 1 saturated heterocycles. The molecule has 4 nitrogen and oxygen atoms in total. The lowest BCUT2D eigenvalue weighted by Crippen LogP contribution is -2.25. The average Bonchev–Trinajstić information content (AvgIpc) is 2.76. The van der Waals surface area contributed by atoms with Crippen LogP contribution in [-0.4, -0.2) is 19.1 Å². The van der Waals surface area contributed by atoms with Crippen molar-refractivity contribution in [1.82, 2.24) is 10.9 Å². The van der Waals surface area contributed by atoms with Crippen molar-refractivity contribution < 1.29 is 9.53 Å². The number of benzene rings is 1. The summed E-state index contributed by atoms with van der Waals surface area (Å²) in [6.07, 6.45) is 4.05. The smallest absolute Gasteiger partial charge is 0.262 e. The molecule has 0 spiro atoms. The van der Waals surface area contributed by atoms with Gasteiger partial charge in [0, 0.05) is 12.1 Å². The van der Waals surface area contributed by atoms with Gasteiger partial charge in [0.2, 0.25) is 0 Å². The summed E-state index contributed by atoms with van der Waals surface area (Å²) in [7, 11) is 0. The van der Waals surface area contributed by atoms with Gasteiger partial charge in [0.05, 0.1) is 6.61 Å². The molecule has 1 aliphatic heterocycles. The zero-order valence-corrected chi connectivity index (χ0v) is 10.5. The maximum absolute atomic E-state index is 11.4. The van der Waals surface area contributed by atoms with Crippen LogP contribution in [-0.2, 0) is 4.79 Å². The molecule has 0 bridgehead atoms. The highest BCUT2D eigenvalue weighted by Gasteiger charge is 2.15. The minimum absolute atomic E-state index is 0.0627. The molecule has 96 valence electrons. The fraction of sp³-hybridized carbons (Fsp3) is 0.357. The molecule has 0 radical (unpaired) electrons. The second-order valence-electron chi connectivity index (χ2n) is 4.25. The highest BCUT2D eigenvalue weighted by Crippen LogP contribution is 2.16. The van der Waals surface area contributed by atoms with E-state index in [4.69, 9.17) is 4.74 Å². The van der Waals surface area contributed by atoms with Gasteiger partial charge in [-0.05, 0) is 30.2 Å². The minimum atomic E-state index is -0.0627. The van der Waals surface area contributed by atoms with Crippen LogP contribution in [0.3, 0.4) is 0 Å². The molecule has 1 aromatic rings. The number of carbonyl (C=O) groups excluding carboxylic acids is 1. The van der Waals surface area contributed by atoms with E-state index in [-0.39, 0.29) is 5.91 Å². The second-order valence-corrected chi connectivity index (χ2v) is 4.25. The Balaban J connectivity index is 2.05. The third kappa shape index (κ3) is 3.34. The Bertz CT molecular complexity index is 455. The van der Waals surface area contributed by atoms with E-state index in [0.717, 1.165) is 36.3 Å². The van der Waals surface area contributed by atoms with E-state index in [9.17, 15) is 4.79 Å².